The van der Waals surface area contributed by atoms with Gasteiger partial charge in [-0.1, -0.05) is 32.1 Å². The van der Waals surface area contributed by atoms with Gasteiger partial charge in [-0.15, -0.1) is 0 Å². The van der Waals surface area contributed by atoms with Crippen LogP contribution in [0.3, 0.4) is 0 Å². The first-order valence-electron chi connectivity index (χ1n) is 6.36. The fourth-order valence-electron chi connectivity index (χ4n) is 1.84. The van der Waals surface area contributed by atoms with Crippen LogP contribution in [0.4, 0.5) is 4.39 Å². The van der Waals surface area contributed by atoms with Crippen molar-refractivity contribution in [1.82, 2.24) is 0 Å². The van der Waals surface area contributed by atoms with Crippen molar-refractivity contribution >= 4 is 0 Å². The molecule has 1 nitrogen and oxygen atoms in total. The van der Waals surface area contributed by atoms with E-state index in [0.29, 0.717) is 12.3 Å². The average Bonchev–Trinajstić information content (AvgIpc) is 2.27. The summed E-state index contributed by atoms with van der Waals surface area (Å²) in [6.45, 7) is 7.74. The van der Waals surface area contributed by atoms with E-state index in [1.165, 1.54) is 12.1 Å². The molecule has 1 rings (SSSR count). The quantitative estimate of drug-likeness (QED) is 0.809. The molecule has 0 aliphatic carbocycles. The average molecular weight is 248 g/mol. The van der Waals surface area contributed by atoms with Crippen LogP contribution in [0, 0.1) is 30.5 Å². The Labute approximate surface area is 109 Å². The van der Waals surface area contributed by atoms with Crippen LogP contribution in [0.5, 0.6) is 0 Å². The largest absolute Gasteiger partial charge is 0.378 e. The first kappa shape index (κ1) is 14.7. The van der Waals surface area contributed by atoms with Gasteiger partial charge >= 0.3 is 0 Å². The maximum atomic E-state index is 12.9. The molecule has 1 aromatic rings. The van der Waals surface area contributed by atoms with Crippen molar-refractivity contribution in [3.05, 3.63) is 35.1 Å². The monoisotopic (exact) mass is 248 g/mol. The molecule has 1 N–H and O–H groups in total. The van der Waals surface area contributed by atoms with Gasteiger partial charge in [0, 0.05) is 5.56 Å². The number of aliphatic hydroxyl groups is 1. The summed E-state index contributed by atoms with van der Waals surface area (Å²) in [5, 5.41) is 10.2. The number of benzene rings is 1. The van der Waals surface area contributed by atoms with Gasteiger partial charge < -0.3 is 5.11 Å². The number of aryl methyl sites for hydroxylation is 1. The normalized spacial score (nSPS) is 15.4. The summed E-state index contributed by atoms with van der Waals surface area (Å²) >= 11 is 0. The smallest absolute Gasteiger partial charge is 0.123 e. The SMILES string of the molecule is CCC(C)CC(C)(O)C#Cc1ccc(F)cc1C. The molecule has 1 aromatic carbocycles. The lowest BCUT2D eigenvalue weighted by Crippen LogP contribution is -2.24. The number of hydrogen-bond acceptors (Lipinski definition) is 1. The van der Waals surface area contributed by atoms with Gasteiger partial charge in [0.2, 0.25) is 0 Å². The summed E-state index contributed by atoms with van der Waals surface area (Å²) in [6.07, 6.45) is 1.67. The summed E-state index contributed by atoms with van der Waals surface area (Å²) in [4.78, 5) is 0. The van der Waals surface area contributed by atoms with Gasteiger partial charge in [0.25, 0.3) is 0 Å². The zero-order valence-electron chi connectivity index (χ0n) is 11.5. The Kier molecular flexibility index (Phi) is 4.93. The zero-order chi connectivity index (χ0) is 13.8. The molecule has 0 spiro atoms. The van der Waals surface area contributed by atoms with E-state index in [4.69, 9.17) is 0 Å². The summed E-state index contributed by atoms with van der Waals surface area (Å²) in [5.41, 5.74) is 0.568. The van der Waals surface area contributed by atoms with Gasteiger partial charge in [-0.2, -0.15) is 0 Å². The van der Waals surface area contributed by atoms with Crippen LogP contribution >= 0.6 is 0 Å². The summed E-state index contributed by atoms with van der Waals surface area (Å²) in [6, 6.07) is 4.49. The first-order chi connectivity index (χ1) is 8.34. The second-order valence-corrected chi connectivity index (χ2v) is 5.20. The minimum Gasteiger partial charge on any atom is -0.378 e. The zero-order valence-corrected chi connectivity index (χ0v) is 11.5. The van der Waals surface area contributed by atoms with Crippen LogP contribution in [0.2, 0.25) is 0 Å². The molecule has 2 atom stereocenters. The van der Waals surface area contributed by atoms with Crippen LogP contribution < -0.4 is 0 Å². The summed E-state index contributed by atoms with van der Waals surface area (Å²) < 4.78 is 12.9. The van der Waals surface area contributed by atoms with E-state index in [0.717, 1.165) is 17.5 Å². The van der Waals surface area contributed by atoms with Crippen molar-refractivity contribution in [2.24, 2.45) is 5.92 Å². The molecule has 98 valence electrons. The van der Waals surface area contributed by atoms with Gasteiger partial charge in [0.05, 0.1) is 0 Å². The lowest BCUT2D eigenvalue weighted by atomic mass is 9.91. The first-order valence-corrected chi connectivity index (χ1v) is 6.36. The van der Waals surface area contributed by atoms with Crippen molar-refractivity contribution in [1.29, 1.82) is 0 Å². The lowest BCUT2D eigenvalue weighted by molar-refractivity contribution is 0.0939. The van der Waals surface area contributed by atoms with Gasteiger partial charge in [-0.05, 0) is 49.9 Å². The molecule has 0 saturated carbocycles. The molecule has 0 fully saturated rings. The highest BCUT2D eigenvalue weighted by molar-refractivity contribution is 5.42. The molecular weight excluding hydrogens is 227 g/mol. The maximum Gasteiger partial charge on any atom is 0.123 e. The van der Waals surface area contributed by atoms with Crippen LogP contribution in [-0.2, 0) is 0 Å². The van der Waals surface area contributed by atoms with Gasteiger partial charge in [-0.3, -0.25) is 0 Å². The Morgan fingerprint density at radius 1 is 1.44 bits per heavy atom. The predicted octanol–water partition coefficient (Wildman–Crippen LogP) is 3.67. The van der Waals surface area contributed by atoms with Gasteiger partial charge in [0.1, 0.15) is 11.4 Å². The van der Waals surface area contributed by atoms with Crippen molar-refractivity contribution in [2.75, 3.05) is 0 Å². The van der Waals surface area contributed by atoms with Crippen LogP contribution in [0.15, 0.2) is 18.2 Å². The van der Waals surface area contributed by atoms with E-state index in [2.05, 4.69) is 25.7 Å². The topological polar surface area (TPSA) is 20.2 Å². The minimum atomic E-state index is -0.990. The summed E-state index contributed by atoms with van der Waals surface area (Å²) in [7, 11) is 0. The molecule has 0 bridgehead atoms. The maximum absolute atomic E-state index is 12.9. The lowest BCUT2D eigenvalue weighted by Gasteiger charge is -2.20. The highest BCUT2D eigenvalue weighted by atomic mass is 19.1. The van der Waals surface area contributed by atoms with Crippen LogP contribution in [0.25, 0.3) is 0 Å². The Morgan fingerprint density at radius 3 is 2.67 bits per heavy atom. The fraction of sp³-hybridized carbons (Fsp3) is 0.500. The molecule has 0 amide bonds. The molecule has 0 aliphatic heterocycles. The molecule has 2 heteroatoms. The fourth-order valence-corrected chi connectivity index (χ4v) is 1.84. The highest BCUT2D eigenvalue weighted by Crippen LogP contribution is 2.18. The molecular formula is C16H21FO. The van der Waals surface area contributed by atoms with E-state index in [1.54, 1.807) is 13.0 Å². The third kappa shape index (κ3) is 4.50. The Hall–Kier alpha value is -1.33. The number of rotatable bonds is 3. The van der Waals surface area contributed by atoms with Gasteiger partial charge in [0.15, 0.2) is 0 Å². The molecule has 0 aromatic heterocycles. The summed E-state index contributed by atoms with van der Waals surface area (Å²) in [5.74, 6) is 6.00. The number of hydrogen-bond donors (Lipinski definition) is 1. The van der Waals surface area contributed by atoms with Crippen LogP contribution in [0.1, 0.15) is 44.7 Å². The van der Waals surface area contributed by atoms with Gasteiger partial charge in [-0.25, -0.2) is 4.39 Å². The molecule has 0 saturated heterocycles. The van der Waals surface area contributed by atoms with E-state index >= 15 is 0 Å². The highest BCUT2D eigenvalue weighted by Gasteiger charge is 2.19. The van der Waals surface area contributed by atoms with Crippen molar-refractivity contribution in [3.63, 3.8) is 0 Å². The molecule has 2 unspecified atom stereocenters. The second kappa shape index (κ2) is 6.02. The van der Waals surface area contributed by atoms with Crippen LogP contribution in [-0.4, -0.2) is 10.7 Å². The Bertz CT molecular complexity index is 466. The molecule has 0 aliphatic rings. The van der Waals surface area contributed by atoms with E-state index in [9.17, 15) is 9.50 Å². The molecule has 18 heavy (non-hydrogen) atoms. The molecule has 0 radical (unpaired) electrons. The molecule has 0 heterocycles. The van der Waals surface area contributed by atoms with E-state index in [1.807, 2.05) is 6.92 Å². The second-order valence-electron chi connectivity index (χ2n) is 5.20. The standard InChI is InChI=1S/C16H21FO/c1-5-12(2)11-16(4,18)9-8-14-6-7-15(17)10-13(14)3/h6-7,10,12,18H,5,11H2,1-4H3. The Balaban J connectivity index is 2.86. The number of halogens is 1. The van der Waals surface area contributed by atoms with Crippen molar-refractivity contribution in [2.45, 2.75) is 46.1 Å². The van der Waals surface area contributed by atoms with Crippen molar-refractivity contribution < 1.29 is 9.50 Å². The third-order valence-electron chi connectivity index (χ3n) is 3.10. The Morgan fingerprint density at radius 2 is 2.11 bits per heavy atom. The predicted molar refractivity (Wildman–Crippen MR) is 72.7 cm³/mol. The van der Waals surface area contributed by atoms with E-state index < -0.39 is 5.60 Å². The third-order valence-corrected chi connectivity index (χ3v) is 3.10. The minimum absolute atomic E-state index is 0.260. The van der Waals surface area contributed by atoms with Crippen molar-refractivity contribution in [3.8, 4) is 11.8 Å². The van der Waals surface area contributed by atoms with E-state index in [-0.39, 0.29) is 5.82 Å².